The molecule has 30 heavy (non-hydrogen) atoms. The number of non-ortho nitro benzene ring substituents is 1. The molecule has 0 fully saturated rings. The van der Waals surface area contributed by atoms with Crippen molar-refractivity contribution in [3.63, 3.8) is 0 Å². The van der Waals surface area contributed by atoms with Gasteiger partial charge >= 0.3 is 0 Å². The Balaban J connectivity index is 1.53. The topological polar surface area (TPSA) is 87.9 Å². The smallest absolute Gasteiger partial charge is 0.269 e. The molecule has 3 aromatic carbocycles. The number of methoxy groups -OCH3 is 1. The van der Waals surface area contributed by atoms with Gasteiger partial charge in [0.1, 0.15) is 23.9 Å². The van der Waals surface area contributed by atoms with E-state index >= 15 is 0 Å². The molecule has 0 amide bonds. The van der Waals surface area contributed by atoms with Gasteiger partial charge in [-0.15, -0.1) is 0 Å². The summed E-state index contributed by atoms with van der Waals surface area (Å²) in [7, 11) is 1.55. The number of fused-ring (bicyclic) bond motifs is 1. The average molecular weight is 403 g/mol. The Morgan fingerprint density at radius 2 is 1.83 bits per heavy atom. The van der Waals surface area contributed by atoms with Gasteiger partial charge in [0.25, 0.3) is 5.69 Å². The number of benzene rings is 3. The van der Waals surface area contributed by atoms with Gasteiger partial charge in [-0.25, -0.2) is 0 Å². The summed E-state index contributed by atoms with van der Waals surface area (Å²) in [5, 5.41) is 10.8. The zero-order chi connectivity index (χ0) is 21.1. The molecule has 1 aliphatic heterocycles. The number of para-hydroxylation sites is 1. The van der Waals surface area contributed by atoms with Gasteiger partial charge in [0.15, 0.2) is 5.76 Å². The van der Waals surface area contributed by atoms with Gasteiger partial charge < -0.3 is 14.2 Å². The maximum atomic E-state index is 12.6. The maximum absolute atomic E-state index is 12.6. The Kier molecular flexibility index (Phi) is 5.17. The van der Waals surface area contributed by atoms with Crippen LogP contribution >= 0.6 is 0 Å². The fraction of sp³-hybridized carbons (Fsp3) is 0.0870. The van der Waals surface area contributed by atoms with Crippen molar-refractivity contribution in [2.24, 2.45) is 0 Å². The van der Waals surface area contributed by atoms with E-state index in [0.717, 1.165) is 5.56 Å². The Labute approximate surface area is 172 Å². The van der Waals surface area contributed by atoms with Gasteiger partial charge in [0, 0.05) is 23.8 Å². The van der Waals surface area contributed by atoms with Gasteiger partial charge in [-0.1, -0.05) is 18.2 Å². The van der Waals surface area contributed by atoms with Crippen LogP contribution < -0.4 is 14.2 Å². The Morgan fingerprint density at radius 3 is 2.57 bits per heavy atom. The molecule has 0 spiro atoms. The van der Waals surface area contributed by atoms with Crippen molar-refractivity contribution in [2.75, 3.05) is 7.11 Å². The SMILES string of the molecule is COc1ccc2c(c1)O/C(=C\c1ccccc1OCc1ccc([N+](=O)[O-])cc1)C2=O. The van der Waals surface area contributed by atoms with Gasteiger partial charge in [-0.05, 0) is 42.0 Å². The molecule has 3 aromatic rings. The number of carbonyl (C=O) groups is 1. The predicted molar refractivity (Wildman–Crippen MR) is 110 cm³/mol. The van der Waals surface area contributed by atoms with Crippen LogP contribution in [0.25, 0.3) is 6.08 Å². The minimum Gasteiger partial charge on any atom is -0.497 e. The number of nitro groups is 1. The van der Waals surface area contributed by atoms with Crippen LogP contribution in [0.2, 0.25) is 0 Å². The number of Topliss-reactive ketones (excluding diaryl/α,β-unsaturated/α-hetero) is 1. The second-order valence-corrected chi connectivity index (χ2v) is 6.55. The lowest BCUT2D eigenvalue weighted by Gasteiger charge is -2.10. The summed E-state index contributed by atoms with van der Waals surface area (Å²) in [6.07, 6.45) is 1.64. The first-order valence-corrected chi connectivity index (χ1v) is 9.12. The lowest BCUT2D eigenvalue weighted by molar-refractivity contribution is -0.384. The van der Waals surface area contributed by atoms with Crippen LogP contribution in [0.3, 0.4) is 0 Å². The molecular formula is C23H17NO6. The van der Waals surface area contributed by atoms with Crippen molar-refractivity contribution >= 4 is 17.5 Å². The molecule has 0 radical (unpaired) electrons. The fourth-order valence-electron chi connectivity index (χ4n) is 3.04. The molecule has 0 bridgehead atoms. The van der Waals surface area contributed by atoms with Crippen LogP contribution in [0.1, 0.15) is 21.5 Å². The fourth-order valence-corrected chi connectivity index (χ4v) is 3.04. The van der Waals surface area contributed by atoms with Crippen LogP contribution in [0, 0.1) is 10.1 Å². The molecule has 0 unspecified atom stereocenters. The Hall–Kier alpha value is -4.13. The largest absolute Gasteiger partial charge is 0.497 e. The summed E-state index contributed by atoms with van der Waals surface area (Å²) in [4.78, 5) is 23.0. The van der Waals surface area contributed by atoms with Crippen LogP contribution in [-0.4, -0.2) is 17.8 Å². The molecule has 0 aliphatic carbocycles. The summed E-state index contributed by atoms with van der Waals surface area (Å²) in [6, 6.07) is 18.5. The van der Waals surface area contributed by atoms with E-state index in [1.165, 1.54) is 12.1 Å². The van der Waals surface area contributed by atoms with Crippen molar-refractivity contribution in [3.05, 3.63) is 99.3 Å². The molecule has 0 saturated carbocycles. The standard InChI is InChI=1S/C23H17NO6/c1-28-18-10-11-19-21(13-18)30-22(23(19)25)12-16-4-2-3-5-20(16)29-14-15-6-8-17(9-7-15)24(26)27/h2-13H,14H2,1H3/b22-12-. The molecule has 7 nitrogen and oxygen atoms in total. The quantitative estimate of drug-likeness (QED) is 0.334. The van der Waals surface area contributed by atoms with E-state index in [1.807, 2.05) is 18.2 Å². The van der Waals surface area contributed by atoms with E-state index < -0.39 is 4.92 Å². The molecule has 0 aromatic heterocycles. The summed E-state index contributed by atoms with van der Waals surface area (Å²) in [5.41, 5.74) is 1.97. The van der Waals surface area contributed by atoms with Crippen molar-refractivity contribution in [1.29, 1.82) is 0 Å². The monoisotopic (exact) mass is 403 g/mol. The lowest BCUT2D eigenvalue weighted by atomic mass is 10.1. The van der Waals surface area contributed by atoms with Crippen LogP contribution in [-0.2, 0) is 6.61 Å². The summed E-state index contributed by atoms with van der Waals surface area (Å²) in [6.45, 7) is 0.227. The van der Waals surface area contributed by atoms with Gasteiger partial charge in [0.05, 0.1) is 17.6 Å². The second kappa shape index (κ2) is 8.08. The van der Waals surface area contributed by atoms with Gasteiger partial charge in [-0.3, -0.25) is 14.9 Å². The predicted octanol–water partition coefficient (Wildman–Crippen LogP) is 4.80. The highest BCUT2D eigenvalue weighted by atomic mass is 16.6. The number of ether oxygens (including phenoxy) is 3. The van der Waals surface area contributed by atoms with Crippen LogP contribution in [0.15, 0.2) is 72.5 Å². The first-order valence-electron chi connectivity index (χ1n) is 9.12. The summed E-state index contributed by atoms with van der Waals surface area (Å²) < 4.78 is 16.8. The third-order valence-electron chi connectivity index (χ3n) is 4.62. The zero-order valence-corrected chi connectivity index (χ0v) is 16.0. The Morgan fingerprint density at radius 1 is 1.07 bits per heavy atom. The molecule has 0 N–H and O–H groups in total. The molecule has 0 saturated heterocycles. The van der Waals surface area contributed by atoms with Crippen LogP contribution in [0.5, 0.6) is 17.2 Å². The van der Waals surface area contributed by atoms with E-state index in [1.54, 1.807) is 49.6 Å². The van der Waals surface area contributed by atoms with E-state index in [4.69, 9.17) is 14.2 Å². The van der Waals surface area contributed by atoms with Crippen molar-refractivity contribution in [2.45, 2.75) is 6.61 Å². The third-order valence-corrected chi connectivity index (χ3v) is 4.62. The molecule has 1 heterocycles. The first kappa shape index (κ1) is 19.2. The highest BCUT2D eigenvalue weighted by molar-refractivity contribution is 6.14. The number of nitrogens with zero attached hydrogens (tertiary/aromatic N) is 1. The molecule has 1 aliphatic rings. The number of hydrogen-bond donors (Lipinski definition) is 0. The number of rotatable bonds is 6. The van der Waals surface area contributed by atoms with Gasteiger partial charge in [0.2, 0.25) is 5.78 Å². The number of hydrogen-bond acceptors (Lipinski definition) is 6. The van der Waals surface area contributed by atoms with Crippen molar-refractivity contribution in [1.82, 2.24) is 0 Å². The van der Waals surface area contributed by atoms with E-state index in [2.05, 4.69) is 0 Å². The molecule has 4 rings (SSSR count). The Bertz CT molecular complexity index is 1150. The molecule has 150 valence electrons. The number of nitro benzene ring substituents is 1. The van der Waals surface area contributed by atoms with E-state index in [-0.39, 0.29) is 23.8 Å². The number of allylic oxidation sites excluding steroid dienone is 1. The van der Waals surface area contributed by atoms with Crippen molar-refractivity contribution < 1.29 is 23.9 Å². The third kappa shape index (κ3) is 3.86. The summed E-state index contributed by atoms with van der Waals surface area (Å²) in [5.74, 6) is 1.61. The maximum Gasteiger partial charge on any atom is 0.269 e. The summed E-state index contributed by atoms with van der Waals surface area (Å²) >= 11 is 0. The highest BCUT2D eigenvalue weighted by Crippen LogP contribution is 2.35. The first-order chi connectivity index (χ1) is 14.5. The van der Waals surface area contributed by atoms with Crippen molar-refractivity contribution in [3.8, 4) is 17.2 Å². The molecule has 0 atom stereocenters. The normalized spacial score (nSPS) is 13.6. The number of ketones is 1. The second-order valence-electron chi connectivity index (χ2n) is 6.55. The zero-order valence-electron chi connectivity index (χ0n) is 16.0. The minimum absolute atomic E-state index is 0.0250. The van der Waals surface area contributed by atoms with Crippen LogP contribution in [0.4, 0.5) is 5.69 Å². The highest BCUT2D eigenvalue weighted by Gasteiger charge is 2.28. The average Bonchev–Trinajstić information content (AvgIpc) is 3.08. The van der Waals surface area contributed by atoms with E-state index in [9.17, 15) is 14.9 Å². The van der Waals surface area contributed by atoms with E-state index in [0.29, 0.717) is 28.4 Å². The van der Waals surface area contributed by atoms with Gasteiger partial charge in [-0.2, -0.15) is 0 Å². The number of carbonyl (C=O) groups excluding carboxylic acids is 1. The lowest BCUT2D eigenvalue weighted by Crippen LogP contribution is -2.00. The molecular weight excluding hydrogens is 386 g/mol. The molecule has 7 heteroatoms. The minimum atomic E-state index is -0.446.